The van der Waals surface area contributed by atoms with Gasteiger partial charge in [0.2, 0.25) is 0 Å². The van der Waals surface area contributed by atoms with Crippen LogP contribution >= 0.6 is 0 Å². The number of fused-ring (bicyclic) bond motifs is 9. The molecule has 0 N–H and O–H groups in total. The minimum atomic E-state index is -0.552. The molecular formula is C63H41NO. The molecule has 0 fully saturated rings. The fourth-order valence-corrected chi connectivity index (χ4v) is 10.9. The third-order valence-electron chi connectivity index (χ3n) is 13.7. The van der Waals surface area contributed by atoms with Crippen LogP contribution in [0.25, 0.3) is 76.9 Å². The Hall–Kier alpha value is -8.46. The van der Waals surface area contributed by atoms with Crippen molar-refractivity contribution in [1.82, 2.24) is 0 Å². The topological polar surface area (TPSA) is 16.4 Å². The number of benzene rings is 11. The molecule has 0 saturated heterocycles. The van der Waals surface area contributed by atoms with E-state index < -0.39 is 5.41 Å². The zero-order valence-electron chi connectivity index (χ0n) is 35.5. The Morgan fingerprint density at radius 2 is 0.969 bits per heavy atom. The van der Waals surface area contributed by atoms with Gasteiger partial charge in [-0.25, -0.2) is 0 Å². The van der Waals surface area contributed by atoms with Gasteiger partial charge in [-0.3, -0.25) is 0 Å². The second-order valence-electron chi connectivity index (χ2n) is 17.2. The van der Waals surface area contributed by atoms with Crippen LogP contribution in [0.4, 0.5) is 17.1 Å². The fourth-order valence-electron chi connectivity index (χ4n) is 10.9. The van der Waals surface area contributed by atoms with E-state index in [2.05, 4.69) is 254 Å². The molecule has 13 rings (SSSR count). The average Bonchev–Trinajstić information content (AvgIpc) is 3.91. The molecule has 0 aliphatic heterocycles. The maximum Gasteiger partial charge on any atom is 0.143 e. The number of rotatable bonds is 7. The first kappa shape index (κ1) is 37.1. The summed E-state index contributed by atoms with van der Waals surface area (Å²) in [5, 5.41) is 6.86. The summed E-state index contributed by atoms with van der Waals surface area (Å²) in [5.74, 6) is 0. The summed E-state index contributed by atoms with van der Waals surface area (Å²) in [7, 11) is 0. The first-order valence-electron chi connectivity index (χ1n) is 22.4. The Morgan fingerprint density at radius 1 is 0.338 bits per heavy atom. The van der Waals surface area contributed by atoms with Crippen molar-refractivity contribution >= 4 is 60.5 Å². The molecule has 11 aromatic carbocycles. The first-order chi connectivity index (χ1) is 32.2. The van der Waals surface area contributed by atoms with E-state index in [9.17, 15) is 0 Å². The zero-order chi connectivity index (χ0) is 42.9. The summed E-state index contributed by atoms with van der Waals surface area (Å²) in [6.45, 7) is 0. The predicted molar refractivity (Wildman–Crippen MR) is 272 cm³/mol. The van der Waals surface area contributed by atoms with Crippen molar-refractivity contribution in [3.63, 3.8) is 0 Å². The molecule has 2 nitrogen and oxygen atoms in total. The molecule has 1 heterocycles. The number of nitrogens with zero attached hydrogens (tertiary/aromatic N) is 1. The van der Waals surface area contributed by atoms with Crippen LogP contribution in [0.2, 0.25) is 0 Å². The van der Waals surface area contributed by atoms with Crippen molar-refractivity contribution in [3.05, 3.63) is 271 Å². The summed E-state index contributed by atoms with van der Waals surface area (Å²) >= 11 is 0. The Balaban J connectivity index is 1.11. The number of anilines is 3. The second-order valence-corrected chi connectivity index (χ2v) is 17.2. The van der Waals surface area contributed by atoms with E-state index >= 15 is 0 Å². The fraction of sp³-hybridized carbons (Fsp3) is 0.0159. The van der Waals surface area contributed by atoms with E-state index in [0.29, 0.717) is 0 Å². The van der Waals surface area contributed by atoms with E-state index in [1.807, 2.05) is 0 Å². The predicted octanol–water partition coefficient (Wildman–Crippen LogP) is 17.1. The quantitative estimate of drug-likeness (QED) is 0.159. The smallest absolute Gasteiger partial charge is 0.143 e. The van der Waals surface area contributed by atoms with Gasteiger partial charge in [0.15, 0.2) is 0 Å². The molecule has 12 aromatic rings. The Bertz CT molecular complexity index is 3730. The van der Waals surface area contributed by atoms with Crippen LogP contribution in [0.3, 0.4) is 0 Å². The first-order valence-corrected chi connectivity index (χ1v) is 22.4. The highest BCUT2D eigenvalue weighted by Gasteiger charge is 2.46. The molecule has 0 bridgehead atoms. The van der Waals surface area contributed by atoms with E-state index in [0.717, 1.165) is 50.0 Å². The molecule has 304 valence electrons. The monoisotopic (exact) mass is 827 g/mol. The van der Waals surface area contributed by atoms with Crippen LogP contribution in [-0.2, 0) is 5.41 Å². The Morgan fingerprint density at radius 3 is 1.77 bits per heavy atom. The normalized spacial score (nSPS) is 12.7. The number of furan rings is 1. The van der Waals surface area contributed by atoms with Crippen molar-refractivity contribution in [2.75, 3.05) is 4.90 Å². The molecule has 0 atom stereocenters. The maximum absolute atomic E-state index is 7.02. The van der Waals surface area contributed by atoms with Crippen LogP contribution in [0.1, 0.15) is 22.3 Å². The summed E-state index contributed by atoms with van der Waals surface area (Å²) in [6, 6.07) is 90.8. The standard InChI is InChI=1S/C63H41NO/c1-4-18-42(19-5-1)45-22-16-27-49(39-45)64(50-36-37-53-52-29-14-15-31-57(52)63(58(53)40-50,47-23-6-2-7-24-47)48-25-8-3-9-26-48)59-32-17-33-60-61(59)56-41-55(51-28-12-13-30-54(51)62(56)65-60)46-35-34-43-20-10-11-21-44(43)38-46/h1-41H. The van der Waals surface area contributed by atoms with Crippen molar-refractivity contribution in [2.24, 2.45) is 0 Å². The van der Waals surface area contributed by atoms with Crippen molar-refractivity contribution < 1.29 is 4.42 Å². The molecule has 0 amide bonds. The molecular weight excluding hydrogens is 787 g/mol. The average molecular weight is 828 g/mol. The van der Waals surface area contributed by atoms with Crippen LogP contribution in [-0.4, -0.2) is 0 Å². The molecule has 1 aliphatic rings. The summed E-state index contributed by atoms with van der Waals surface area (Å²) in [5.41, 5.74) is 16.6. The van der Waals surface area contributed by atoms with E-state index in [1.54, 1.807) is 0 Å². The Kier molecular flexibility index (Phi) is 8.47. The molecule has 0 radical (unpaired) electrons. The molecule has 2 heteroatoms. The lowest BCUT2D eigenvalue weighted by molar-refractivity contribution is 0.672. The van der Waals surface area contributed by atoms with Crippen LogP contribution < -0.4 is 4.90 Å². The van der Waals surface area contributed by atoms with Gasteiger partial charge < -0.3 is 9.32 Å². The highest BCUT2D eigenvalue weighted by molar-refractivity contribution is 6.22. The highest BCUT2D eigenvalue weighted by atomic mass is 16.3. The number of hydrogen-bond acceptors (Lipinski definition) is 2. The van der Waals surface area contributed by atoms with Gasteiger partial charge in [-0.15, -0.1) is 0 Å². The van der Waals surface area contributed by atoms with Gasteiger partial charge in [0, 0.05) is 22.1 Å². The maximum atomic E-state index is 7.02. The lowest BCUT2D eigenvalue weighted by atomic mass is 9.67. The molecule has 0 spiro atoms. The molecule has 1 aliphatic carbocycles. The van der Waals surface area contributed by atoms with Gasteiger partial charge >= 0.3 is 0 Å². The van der Waals surface area contributed by atoms with Gasteiger partial charge in [0.1, 0.15) is 11.2 Å². The van der Waals surface area contributed by atoms with E-state index in [1.165, 1.54) is 66.2 Å². The van der Waals surface area contributed by atoms with Crippen molar-refractivity contribution in [3.8, 4) is 33.4 Å². The van der Waals surface area contributed by atoms with Gasteiger partial charge in [-0.1, -0.05) is 200 Å². The van der Waals surface area contributed by atoms with Crippen LogP contribution in [0, 0.1) is 0 Å². The van der Waals surface area contributed by atoms with E-state index in [-0.39, 0.29) is 0 Å². The third kappa shape index (κ3) is 5.74. The Labute approximate surface area is 377 Å². The second kappa shape index (κ2) is 14.8. The molecule has 0 unspecified atom stereocenters. The van der Waals surface area contributed by atoms with Gasteiger partial charge in [0.25, 0.3) is 0 Å². The van der Waals surface area contributed by atoms with Crippen molar-refractivity contribution in [1.29, 1.82) is 0 Å². The summed E-state index contributed by atoms with van der Waals surface area (Å²) in [6.07, 6.45) is 0. The van der Waals surface area contributed by atoms with Gasteiger partial charge in [0.05, 0.1) is 16.5 Å². The summed E-state index contributed by atoms with van der Waals surface area (Å²) < 4.78 is 7.02. The zero-order valence-corrected chi connectivity index (χ0v) is 35.5. The molecule has 1 aromatic heterocycles. The SMILES string of the molecule is c1ccc(-c2cccc(N(c3ccc4c(c3)C(c3ccccc3)(c3ccccc3)c3ccccc3-4)c3cccc4oc5c6ccccc6c(-c6ccc7ccccc7c6)cc5c34)c2)cc1. The van der Waals surface area contributed by atoms with E-state index in [4.69, 9.17) is 4.42 Å². The molecule has 65 heavy (non-hydrogen) atoms. The van der Waals surface area contributed by atoms with Gasteiger partial charge in [-0.05, 0) is 120 Å². The minimum Gasteiger partial charge on any atom is -0.455 e. The largest absolute Gasteiger partial charge is 0.455 e. The summed E-state index contributed by atoms with van der Waals surface area (Å²) in [4.78, 5) is 2.46. The third-order valence-corrected chi connectivity index (χ3v) is 13.7. The lowest BCUT2D eigenvalue weighted by Gasteiger charge is -2.35. The minimum absolute atomic E-state index is 0.552. The molecule has 0 saturated carbocycles. The van der Waals surface area contributed by atoms with Crippen LogP contribution in [0.15, 0.2) is 253 Å². The van der Waals surface area contributed by atoms with Gasteiger partial charge in [-0.2, -0.15) is 0 Å². The highest BCUT2D eigenvalue weighted by Crippen LogP contribution is 2.58. The van der Waals surface area contributed by atoms with Crippen molar-refractivity contribution in [2.45, 2.75) is 5.41 Å². The number of hydrogen-bond donors (Lipinski definition) is 0. The van der Waals surface area contributed by atoms with Crippen LogP contribution in [0.5, 0.6) is 0 Å². The lowest BCUT2D eigenvalue weighted by Crippen LogP contribution is -2.28.